The minimum absolute atomic E-state index is 0.0510. The average molecular weight is 421 g/mol. The molecule has 1 N–H and O–H groups in total. The molecule has 3 rings (SSSR count). The van der Waals surface area contributed by atoms with Gasteiger partial charge in [0.25, 0.3) is 5.91 Å². The number of carboxylic acid groups (broad SMARTS) is 1. The van der Waals surface area contributed by atoms with Crippen LogP contribution in [0.1, 0.15) is 32.6 Å². The number of hydrogen-bond donors (Lipinski definition) is 1. The summed E-state index contributed by atoms with van der Waals surface area (Å²) in [4.78, 5) is 27.6. The Morgan fingerprint density at radius 2 is 2.03 bits per heavy atom. The molecule has 1 aliphatic heterocycles. The summed E-state index contributed by atoms with van der Waals surface area (Å²) in [7, 11) is 1.67. The minimum atomic E-state index is -5.08. The Labute approximate surface area is 170 Å². The van der Waals surface area contributed by atoms with Crippen molar-refractivity contribution in [2.45, 2.75) is 25.7 Å². The topological polar surface area (TPSA) is 104 Å². The lowest BCUT2D eigenvalue weighted by Crippen LogP contribution is -2.36. The van der Waals surface area contributed by atoms with Crippen LogP contribution in [0.4, 0.5) is 13.2 Å². The van der Waals surface area contributed by atoms with Crippen molar-refractivity contribution in [2.75, 3.05) is 13.7 Å². The van der Waals surface area contributed by atoms with Crippen LogP contribution < -0.4 is 0 Å². The van der Waals surface area contributed by atoms with Crippen molar-refractivity contribution in [1.82, 2.24) is 9.88 Å². The van der Waals surface area contributed by atoms with Crippen molar-refractivity contribution in [3.8, 4) is 6.07 Å². The number of alkyl halides is 3. The second-order valence-electron chi connectivity index (χ2n) is 6.34. The number of halogens is 3. The number of aliphatic carboxylic acids is 1. The Morgan fingerprint density at radius 1 is 1.33 bits per heavy atom. The molecule has 1 aromatic heterocycles. The lowest BCUT2D eigenvalue weighted by Gasteiger charge is -2.30. The van der Waals surface area contributed by atoms with Gasteiger partial charge < -0.3 is 14.7 Å². The number of fused-ring (bicyclic) bond motifs is 1. The number of pyridine rings is 1. The van der Waals surface area contributed by atoms with E-state index in [-0.39, 0.29) is 5.91 Å². The zero-order chi connectivity index (χ0) is 22.3. The maximum Gasteiger partial charge on any atom is 0.490 e. The van der Waals surface area contributed by atoms with E-state index in [1.807, 2.05) is 12.4 Å². The summed E-state index contributed by atoms with van der Waals surface area (Å²) < 4.78 is 36.9. The van der Waals surface area contributed by atoms with E-state index < -0.39 is 12.1 Å². The van der Waals surface area contributed by atoms with Gasteiger partial charge in [0, 0.05) is 38.2 Å². The number of amides is 1. The van der Waals surface area contributed by atoms with E-state index in [1.54, 1.807) is 36.3 Å². The minimum Gasteiger partial charge on any atom is -0.475 e. The number of carbonyl (C=O) groups excluding carboxylic acids is 1. The highest BCUT2D eigenvalue weighted by atomic mass is 19.4. The molecule has 10 heteroatoms. The van der Waals surface area contributed by atoms with Crippen molar-refractivity contribution in [3.63, 3.8) is 0 Å². The molecule has 0 saturated carbocycles. The molecule has 2 heterocycles. The van der Waals surface area contributed by atoms with Crippen LogP contribution in [0.2, 0.25) is 0 Å². The number of ether oxygens (including phenoxy) is 1. The predicted molar refractivity (Wildman–Crippen MR) is 98.2 cm³/mol. The van der Waals surface area contributed by atoms with Crippen molar-refractivity contribution in [2.24, 2.45) is 0 Å². The molecule has 0 atom stereocenters. The monoisotopic (exact) mass is 421 g/mol. The lowest BCUT2D eigenvalue weighted by atomic mass is 9.97. The Kier molecular flexibility index (Phi) is 7.49. The Morgan fingerprint density at radius 3 is 2.63 bits per heavy atom. The fourth-order valence-corrected chi connectivity index (χ4v) is 2.93. The lowest BCUT2D eigenvalue weighted by molar-refractivity contribution is -0.192. The molecule has 1 aliphatic rings. The van der Waals surface area contributed by atoms with Crippen LogP contribution in [0.25, 0.3) is 0 Å². The average Bonchev–Trinajstić information content (AvgIpc) is 2.73. The third-order valence-corrected chi connectivity index (χ3v) is 4.30. The molecule has 30 heavy (non-hydrogen) atoms. The zero-order valence-corrected chi connectivity index (χ0v) is 15.9. The van der Waals surface area contributed by atoms with Crippen LogP contribution in [0.5, 0.6) is 0 Å². The number of aromatic nitrogens is 1. The van der Waals surface area contributed by atoms with Gasteiger partial charge in [-0.15, -0.1) is 0 Å². The third-order valence-electron chi connectivity index (χ3n) is 4.30. The van der Waals surface area contributed by atoms with Crippen LogP contribution in [-0.4, -0.2) is 46.7 Å². The van der Waals surface area contributed by atoms with Gasteiger partial charge in [-0.1, -0.05) is 6.07 Å². The molecule has 0 unspecified atom stereocenters. The van der Waals surface area contributed by atoms with Crippen LogP contribution in [-0.2, 0) is 29.1 Å². The van der Waals surface area contributed by atoms with E-state index in [0.717, 1.165) is 17.5 Å². The molecule has 0 spiro atoms. The van der Waals surface area contributed by atoms with Gasteiger partial charge in [-0.25, -0.2) is 4.79 Å². The Balaban J connectivity index is 0.000000396. The van der Waals surface area contributed by atoms with Crippen LogP contribution in [0.15, 0.2) is 36.7 Å². The summed E-state index contributed by atoms with van der Waals surface area (Å²) in [6, 6.07) is 8.89. The molecule has 2 aromatic rings. The Bertz CT molecular complexity index is 970. The van der Waals surface area contributed by atoms with Crippen LogP contribution >= 0.6 is 0 Å². The van der Waals surface area contributed by atoms with Crippen LogP contribution in [0.3, 0.4) is 0 Å². The van der Waals surface area contributed by atoms with E-state index >= 15 is 0 Å². The SMILES string of the molecule is COCc1cncc2c1CCN(C(=O)c1cccc(C#N)c1)C2.O=C(O)C(F)(F)F. The third kappa shape index (κ3) is 5.78. The first-order chi connectivity index (χ1) is 14.2. The summed E-state index contributed by atoms with van der Waals surface area (Å²) in [6.07, 6.45) is -0.643. The maximum atomic E-state index is 12.7. The van der Waals surface area contributed by atoms with Gasteiger partial charge >= 0.3 is 12.1 Å². The quantitative estimate of drug-likeness (QED) is 0.817. The molecule has 0 radical (unpaired) electrons. The van der Waals surface area contributed by atoms with E-state index in [4.69, 9.17) is 19.9 Å². The number of benzene rings is 1. The van der Waals surface area contributed by atoms with Gasteiger partial charge in [-0.2, -0.15) is 18.4 Å². The molecule has 0 aliphatic carbocycles. The number of carboxylic acids is 1. The smallest absolute Gasteiger partial charge is 0.475 e. The largest absolute Gasteiger partial charge is 0.490 e. The molecular formula is C20H18F3N3O4. The van der Waals surface area contributed by atoms with Crippen molar-refractivity contribution in [1.29, 1.82) is 5.26 Å². The van der Waals surface area contributed by atoms with Gasteiger partial charge in [0.1, 0.15) is 0 Å². The number of carbonyl (C=O) groups is 2. The fraction of sp³-hybridized carbons (Fsp3) is 0.300. The molecule has 1 aromatic carbocycles. The van der Waals surface area contributed by atoms with E-state index in [1.165, 1.54) is 5.56 Å². The molecule has 0 bridgehead atoms. The van der Waals surface area contributed by atoms with Crippen molar-refractivity contribution in [3.05, 3.63) is 64.5 Å². The highest BCUT2D eigenvalue weighted by Gasteiger charge is 2.38. The van der Waals surface area contributed by atoms with E-state index in [2.05, 4.69) is 11.1 Å². The van der Waals surface area contributed by atoms with Gasteiger partial charge in [0.2, 0.25) is 0 Å². The highest BCUT2D eigenvalue weighted by Crippen LogP contribution is 2.23. The molecule has 0 fully saturated rings. The van der Waals surface area contributed by atoms with E-state index in [0.29, 0.717) is 30.8 Å². The van der Waals surface area contributed by atoms with Crippen molar-refractivity contribution >= 4 is 11.9 Å². The second kappa shape index (κ2) is 9.84. The summed E-state index contributed by atoms with van der Waals surface area (Å²) in [5.74, 6) is -2.81. The number of rotatable bonds is 3. The summed E-state index contributed by atoms with van der Waals surface area (Å²) in [6.45, 7) is 1.73. The molecule has 7 nitrogen and oxygen atoms in total. The second-order valence-corrected chi connectivity index (χ2v) is 6.34. The maximum absolute atomic E-state index is 12.7. The Hall–Kier alpha value is -3.45. The molecule has 158 valence electrons. The molecule has 1 amide bonds. The number of nitrogens with zero attached hydrogens (tertiary/aromatic N) is 3. The van der Waals surface area contributed by atoms with E-state index in [9.17, 15) is 18.0 Å². The number of methoxy groups -OCH3 is 1. The normalized spacial score (nSPS) is 12.8. The van der Waals surface area contributed by atoms with Gasteiger partial charge in [0.05, 0.1) is 18.2 Å². The fourth-order valence-electron chi connectivity index (χ4n) is 2.93. The first-order valence-corrected chi connectivity index (χ1v) is 8.70. The standard InChI is InChI=1S/C18H17N3O2.C2HF3O2/c1-23-12-16-10-20-9-15-11-21(6-5-17(15)16)18(22)14-4-2-3-13(7-14)8-19;3-2(4,5)1(6)7/h2-4,7,9-10H,5-6,11-12H2,1H3;(H,6,7). The van der Waals surface area contributed by atoms with Crippen LogP contribution in [0, 0.1) is 11.3 Å². The highest BCUT2D eigenvalue weighted by molar-refractivity contribution is 5.94. The first kappa shape index (κ1) is 22.8. The van der Waals surface area contributed by atoms with Crippen molar-refractivity contribution < 1.29 is 32.6 Å². The summed E-state index contributed by atoms with van der Waals surface area (Å²) in [5, 5.41) is 16.1. The zero-order valence-electron chi connectivity index (χ0n) is 15.9. The number of nitriles is 1. The summed E-state index contributed by atoms with van der Waals surface area (Å²) >= 11 is 0. The first-order valence-electron chi connectivity index (χ1n) is 8.70. The number of hydrogen-bond acceptors (Lipinski definition) is 5. The molecule has 0 saturated heterocycles. The van der Waals surface area contributed by atoms with Gasteiger partial charge in [-0.05, 0) is 41.3 Å². The van der Waals surface area contributed by atoms with Gasteiger partial charge in [-0.3, -0.25) is 9.78 Å². The predicted octanol–water partition coefficient (Wildman–Crippen LogP) is 2.93. The summed E-state index contributed by atoms with van der Waals surface area (Å²) in [5.41, 5.74) is 4.43. The molecular weight excluding hydrogens is 403 g/mol. The van der Waals surface area contributed by atoms with Gasteiger partial charge in [0.15, 0.2) is 0 Å².